The maximum atomic E-state index is 12.1. The van der Waals surface area contributed by atoms with Gasteiger partial charge >= 0.3 is 0 Å². The maximum absolute atomic E-state index is 12.1. The van der Waals surface area contributed by atoms with Gasteiger partial charge in [-0.25, -0.2) is 4.98 Å². The summed E-state index contributed by atoms with van der Waals surface area (Å²) in [5.74, 6) is -0.798. The molecule has 3 aromatic rings. The number of H-pyrrole nitrogens is 1. The Labute approximate surface area is 136 Å². The Morgan fingerprint density at radius 1 is 1.13 bits per heavy atom. The number of nitrogens with zero attached hydrogens (tertiary/aromatic N) is 1. The van der Waals surface area contributed by atoms with Crippen LogP contribution in [0.1, 0.15) is 25.9 Å². The van der Waals surface area contributed by atoms with Crippen LogP contribution < -0.4 is 10.9 Å². The van der Waals surface area contributed by atoms with Crippen LogP contribution in [0.5, 0.6) is 0 Å². The summed E-state index contributed by atoms with van der Waals surface area (Å²) >= 11 is 1.55. The number of aromatic nitrogens is 2. The summed E-state index contributed by atoms with van der Waals surface area (Å²) in [5.41, 5.74) is 7.22. The number of carbonyl (C=O) groups is 2. The molecule has 0 saturated carbocycles. The summed E-state index contributed by atoms with van der Waals surface area (Å²) in [7, 11) is 0. The van der Waals surface area contributed by atoms with Gasteiger partial charge in [-0.05, 0) is 25.1 Å². The summed E-state index contributed by atoms with van der Waals surface area (Å²) in [6, 6.07) is 10.3. The lowest BCUT2D eigenvalue weighted by Crippen LogP contribution is -2.41. The van der Waals surface area contributed by atoms with Crippen molar-refractivity contribution in [1.29, 1.82) is 0 Å². The van der Waals surface area contributed by atoms with Crippen LogP contribution in [0.25, 0.3) is 11.3 Å². The molecule has 2 aromatic heterocycles. The van der Waals surface area contributed by atoms with Gasteiger partial charge < -0.3 is 4.98 Å². The van der Waals surface area contributed by atoms with Gasteiger partial charge in [0.05, 0.1) is 10.7 Å². The molecule has 0 saturated heterocycles. The lowest BCUT2D eigenvalue weighted by molar-refractivity contribution is 0.0844. The zero-order chi connectivity index (χ0) is 16.2. The van der Waals surface area contributed by atoms with E-state index in [4.69, 9.17) is 0 Å². The number of hydrogen-bond acceptors (Lipinski definition) is 4. The molecule has 3 rings (SSSR count). The minimum absolute atomic E-state index is 0.346. The van der Waals surface area contributed by atoms with Crippen molar-refractivity contribution in [2.24, 2.45) is 0 Å². The first-order valence-corrected chi connectivity index (χ1v) is 7.78. The molecular weight excluding hydrogens is 312 g/mol. The molecule has 3 N–H and O–H groups in total. The van der Waals surface area contributed by atoms with Gasteiger partial charge in [0.15, 0.2) is 0 Å². The highest BCUT2D eigenvalue weighted by Gasteiger charge is 2.12. The van der Waals surface area contributed by atoms with Crippen LogP contribution in [0.2, 0.25) is 0 Å². The van der Waals surface area contributed by atoms with Crippen molar-refractivity contribution in [2.45, 2.75) is 6.92 Å². The fourth-order valence-electron chi connectivity index (χ4n) is 2.01. The van der Waals surface area contributed by atoms with Gasteiger partial charge in [0, 0.05) is 22.7 Å². The molecule has 0 fully saturated rings. The second-order valence-electron chi connectivity index (χ2n) is 4.83. The first-order valence-electron chi connectivity index (χ1n) is 6.90. The molecule has 0 aliphatic rings. The summed E-state index contributed by atoms with van der Waals surface area (Å²) in [6.07, 6.45) is 1.71. The average molecular weight is 326 g/mol. The third kappa shape index (κ3) is 3.46. The second kappa shape index (κ2) is 6.45. The molecule has 1 aromatic carbocycles. The number of benzene rings is 1. The maximum Gasteiger partial charge on any atom is 0.286 e. The van der Waals surface area contributed by atoms with E-state index in [-0.39, 0.29) is 5.91 Å². The molecule has 6 nitrogen and oxygen atoms in total. The zero-order valence-electron chi connectivity index (χ0n) is 12.3. The Morgan fingerprint density at radius 3 is 2.57 bits per heavy atom. The molecular formula is C16H14N4O2S. The van der Waals surface area contributed by atoms with Crippen molar-refractivity contribution in [3.05, 3.63) is 64.2 Å². The van der Waals surface area contributed by atoms with Gasteiger partial charge in [0.25, 0.3) is 11.8 Å². The molecule has 0 aliphatic heterocycles. The summed E-state index contributed by atoms with van der Waals surface area (Å²) < 4.78 is 0. The third-order valence-electron chi connectivity index (χ3n) is 3.17. The molecule has 0 spiro atoms. The van der Waals surface area contributed by atoms with Crippen LogP contribution in [-0.2, 0) is 0 Å². The molecule has 2 heterocycles. The van der Waals surface area contributed by atoms with Crippen LogP contribution in [0.15, 0.2) is 48.0 Å². The van der Waals surface area contributed by atoms with Crippen molar-refractivity contribution in [1.82, 2.24) is 20.8 Å². The van der Waals surface area contributed by atoms with Gasteiger partial charge in [0.1, 0.15) is 5.69 Å². The number of carbonyl (C=O) groups excluding carboxylic acids is 2. The third-order valence-corrected chi connectivity index (χ3v) is 3.94. The minimum Gasteiger partial charge on any atom is -0.356 e. The summed E-state index contributed by atoms with van der Waals surface area (Å²) in [6.45, 7) is 1.92. The molecule has 0 radical (unpaired) electrons. The first kappa shape index (κ1) is 15.0. The molecule has 2 amide bonds. The van der Waals surface area contributed by atoms with E-state index in [1.165, 1.54) is 0 Å². The number of thiazole rings is 1. The fraction of sp³-hybridized carbons (Fsp3) is 0.0625. The molecule has 0 atom stereocenters. The second-order valence-corrected chi connectivity index (χ2v) is 5.89. The Hall–Kier alpha value is -2.93. The monoisotopic (exact) mass is 326 g/mol. The molecule has 0 unspecified atom stereocenters. The van der Waals surface area contributed by atoms with Crippen molar-refractivity contribution in [3.8, 4) is 11.3 Å². The Kier molecular flexibility index (Phi) is 4.20. The largest absolute Gasteiger partial charge is 0.356 e. The number of aromatic amines is 1. The van der Waals surface area contributed by atoms with Crippen molar-refractivity contribution in [3.63, 3.8) is 0 Å². The van der Waals surface area contributed by atoms with E-state index < -0.39 is 5.91 Å². The van der Waals surface area contributed by atoms with Crippen molar-refractivity contribution >= 4 is 23.2 Å². The summed E-state index contributed by atoms with van der Waals surface area (Å²) in [5, 5.41) is 2.89. The quantitative estimate of drug-likeness (QED) is 0.646. The van der Waals surface area contributed by atoms with Gasteiger partial charge in [-0.15, -0.1) is 11.3 Å². The smallest absolute Gasteiger partial charge is 0.286 e. The first-order chi connectivity index (χ1) is 11.1. The topological polar surface area (TPSA) is 86.9 Å². The van der Waals surface area contributed by atoms with Crippen molar-refractivity contribution < 1.29 is 9.59 Å². The van der Waals surface area contributed by atoms with E-state index in [1.54, 1.807) is 47.9 Å². The van der Waals surface area contributed by atoms with E-state index in [1.807, 2.05) is 18.4 Å². The average Bonchev–Trinajstić information content (AvgIpc) is 3.22. The molecule has 7 heteroatoms. The number of nitrogens with one attached hydrogen (secondary N) is 3. The van der Waals surface area contributed by atoms with E-state index in [0.717, 1.165) is 16.3 Å². The minimum atomic E-state index is -0.424. The number of amides is 2. The Bertz CT molecular complexity index is 839. The van der Waals surface area contributed by atoms with Crippen molar-refractivity contribution in [2.75, 3.05) is 0 Å². The Morgan fingerprint density at radius 2 is 1.87 bits per heavy atom. The van der Waals surface area contributed by atoms with Gasteiger partial charge in [-0.2, -0.15) is 0 Å². The van der Waals surface area contributed by atoms with E-state index >= 15 is 0 Å². The summed E-state index contributed by atoms with van der Waals surface area (Å²) in [4.78, 5) is 31.2. The number of aryl methyl sites for hydroxylation is 1. The predicted molar refractivity (Wildman–Crippen MR) is 88.0 cm³/mol. The van der Waals surface area contributed by atoms with Crippen LogP contribution in [0.4, 0.5) is 0 Å². The van der Waals surface area contributed by atoms with Crippen LogP contribution >= 0.6 is 11.3 Å². The van der Waals surface area contributed by atoms with Crippen LogP contribution in [0.3, 0.4) is 0 Å². The fourth-order valence-corrected chi connectivity index (χ4v) is 2.63. The predicted octanol–water partition coefficient (Wildman–Crippen LogP) is 2.52. The molecule has 116 valence electrons. The van der Waals surface area contributed by atoms with Gasteiger partial charge in [-0.1, -0.05) is 18.2 Å². The highest BCUT2D eigenvalue weighted by Crippen LogP contribution is 2.22. The molecule has 0 aliphatic carbocycles. The van der Waals surface area contributed by atoms with Crippen LogP contribution in [0, 0.1) is 6.92 Å². The zero-order valence-corrected chi connectivity index (χ0v) is 13.1. The van der Waals surface area contributed by atoms with E-state index in [0.29, 0.717) is 11.3 Å². The lowest BCUT2D eigenvalue weighted by atomic mass is 10.2. The van der Waals surface area contributed by atoms with Crippen LogP contribution in [-0.4, -0.2) is 21.8 Å². The molecule has 23 heavy (non-hydrogen) atoms. The van der Waals surface area contributed by atoms with E-state index in [2.05, 4.69) is 20.8 Å². The van der Waals surface area contributed by atoms with Gasteiger partial charge in [-0.3, -0.25) is 20.4 Å². The number of hydrogen-bond donors (Lipinski definition) is 3. The molecule has 0 bridgehead atoms. The highest BCUT2D eigenvalue weighted by atomic mass is 32.1. The number of rotatable bonds is 3. The normalized spacial score (nSPS) is 10.3. The van der Waals surface area contributed by atoms with E-state index in [9.17, 15) is 9.59 Å². The standard InChI is InChI=1S/C16H14N4O2S/c1-10-18-14(9-23-10)12-7-13(17-8-12)16(22)20-19-15(21)11-5-3-2-4-6-11/h2-9,17H,1H3,(H,19,21)(H,20,22). The van der Waals surface area contributed by atoms with Gasteiger partial charge in [0.2, 0.25) is 0 Å². The Balaban J connectivity index is 1.63. The SMILES string of the molecule is Cc1nc(-c2c[nH]c(C(=O)NNC(=O)c3ccccc3)c2)cs1. The number of hydrazine groups is 1. The lowest BCUT2D eigenvalue weighted by Gasteiger charge is -2.05. The highest BCUT2D eigenvalue weighted by molar-refractivity contribution is 7.09.